The normalized spacial score (nSPS) is 19.2. The number of fused-ring (bicyclic) bond motifs is 1. The zero-order valence-electron chi connectivity index (χ0n) is 41.3. The molecule has 1 atom stereocenters. The van der Waals surface area contributed by atoms with Gasteiger partial charge in [0.05, 0.1) is 24.1 Å². The molecule has 370 valence electrons. The Morgan fingerprint density at radius 3 is 2.28 bits per heavy atom. The third kappa shape index (κ3) is 14.1. The van der Waals surface area contributed by atoms with Gasteiger partial charge in [0.25, 0.3) is 0 Å². The van der Waals surface area contributed by atoms with Crippen LogP contribution in [0.1, 0.15) is 102 Å². The summed E-state index contributed by atoms with van der Waals surface area (Å²) in [5.74, 6) is 0.581. The number of rotatable bonds is 20. The van der Waals surface area contributed by atoms with Crippen LogP contribution in [-0.4, -0.2) is 151 Å². The highest BCUT2D eigenvalue weighted by molar-refractivity contribution is 6.04. The van der Waals surface area contributed by atoms with Gasteiger partial charge in [-0.25, -0.2) is 4.98 Å². The van der Waals surface area contributed by atoms with E-state index in [9.17, 15) is 14.4 Å². The largest absolute Gasteiger partial charge is 0.393 e. The van der Waals surface area contributed by atoms with E-state index in [1.807, 2.05) is 43.5 Å². The van der Waals surface area contributed by atoms with Crippen LogP contribution >= 0.6 is 0 Å². The Kier molecular flexibility index (Phi) is 19.2. The number of nitrogens with one attached hydrogen (secondary N) is 3. The van der Waals surface area contributed by atoms with Crippen LogP contribution in [0.3, 0.4) is 0 Å². The number of aromatic nitrogens is 3. The number of aliphatic hydroxyl groups excluding tert-OH is 1. The number of benzene rings is 2. The van der Waals surface area contributed by atoms with Gasteiger partial charge in [0.15, 0.2) is 0 Å². The first-order valence-corrected chi connectivity index (χ1v) is 25.6. The van der Waals surface area contributed by atoms with Crippen molar-refractivity contribution in [2.45, 2.75) is 122 Å². The first-order chi connectivity index (χ1) is 33.1. The van der Waals surface area contributed by atoms with Crippen molar-refractivity contribution in [1.82, 2.24) is 35.0 Å². The molecule has 15 heteroatoms. The molecule has 4 N–H and O–H groups in total. The summed E-state index contributed by atoms with van der Waals surface area (Å²) < 4.78 is 6.08. The van der Waals surface area contributed by atoms with E-state index in [1.165, 1.54) is 48.1 Å². The van der Waals surface area contributed by atoms with Gasteiger partial charge in [0.2, 0.25) is 24.2 Å². The zero-order valence-corrected chi connectivity index (χ0v) is 41.3. The van der Waals surface area contributed by atoms with Crippen LogP contribution in [0.5, 0.6) is 0 Å². The number of piperazine rings is 1. The maximum absolute atomic E-state index is 12.5. The summed E-state index contributed by atoms with van der Waals surface area (Å²) in [7, 11) is 3.85. The van der Waals surface area contributed by atoms with E-state index < -0.39 is 11.9 Å². The lowest BCUT2D eigenvalue weighted by Crippen LogP contribution is -2.53. The van der Waals surface area contributed by atoms with Crippen molar-refractivity contribution in [2.75, 3.05) is 94.8 Å². The van der Waals surface area contributed by atoms with E-state index in [0.29, 0.717) is 43.0 Å². The molecule has 1 aliphatic carbocycles. The van der Waals surface area contributed by atoms with E-state index in [2.05, 4.69) is 79.5 Å². The average molecular weight is 935 g/mol. The fourth-order valence-electron chi connectivity index (χ4n) is 10.2. The summed E-state index contributed by atoms with van der Waals surface area (Å²) in [6.07, 6.45) is 17.6. The summed E-state index contributed by atoms with van der Waals surface area (Å²) in [5, 5.41) is 15.7. The molecule has 0 bridgehead atoms. The molecule has 8 rings (SSSR count). The summed E-state index contributed by atoms with van der Waals surface area (Å²) in [6.45, 7) is 15.4. The fourth-order valence-corrected chi connectivity index (χ4v) is 10.2. The van der Waals surface area contributed by atoms with E-state index >= 15 is 0 Å². The number of aromatic amines is 1. The highest BCUT2D eigenvalue weighted by atomic mass is 16.5. The summed E-state index contributed by atoms with van der Waals surface area (Å²) in [6, 6.07) is 14.9. The van der Waals surface area contributed by atoms with Crippen LogP contribution in [0, 0.1) is 5.92 Å². The number of anilines is 3. The predicted octanol–water partition coefficient (Wildman–Crippen LogP) is 6.85. The number of aryl methyl sites for hydroxylation is 1. The number of ether oxygens (including phenoxy) is 1. The molecule has 1 saturated carbocycles. The second-order valence-corrected chi connectivity index (χ2v) is 19.5. The van der Waals surface area contributed by atoms with Crippen molar-refractivity contribution in [3.8, 4) is 11.1 Å². The molecule has 4 aromatic rings. The van der Waals surface area contributed by atoms with Gasteiger partial charge in [0, 0.05) is 102 Å². The molecule has 0 radical (unpaired) electrons. The van der Waals surface area contributed by atoms with Gasteiger partial charge in [-0.05, 0) is 92.8 Å². The van der Waals surface area contributed by atoms with Crippen LogP contribution in [0.25, 0.3) is 22.2 Å². The van der Waals surface area contributed by atoms with E-state index in [1.54, 1.807) is 0 Å². The summed E-state index contributed by atoms with van der Waals surface area (Å²) >= 11 is 0. The van der Waals surface area contributed by atoms with E-state index in [4.69, 9.17) is 14.8 Å². The Bertz CT molecular complexity index is 2190. The van der Waals surface area contributed by atoms with Crippen molar-refractivity contribution < 1.29 is 24.2 Å². The fraction of sp³-hybridized carbons (Fsp3) is 0.604. The lowest BCUT2D eigenvalue weighted by Gasteiger charge is -2.42. The molecular formula is C53H78N10O5. The third-order valence-corrected chi connectivity index (χ3v) is 14.6. The average Bonchev–Trinajstić information content (AvgIpc) is 3.78. The first kappa shape index (κ1) is 50.9. The Balaban J connectivity index is 0.000000896. The molecule has 2 aromatic heterocycles. The van der Waals surface area contributed by atoms with E-state index in [0.717, 1.165) is 132 Å². The number of nitrogens with zero attached hydrogens (tertiary/aromatic N) is 7. The first-order valence-electron chi connectivity index (χ1n) is 25.6. The Hall–Kier alpha value is -4.93. The van der Waals surface area contributed by atoms with Gasteiger partial charge in [0.1, 0.15) is 11.7 Å². The quantitative estimate of drug-likeness (QED) is 0.0415. The second-order valence-electron chi connectivity index (χ2n) is 19.5. The van der Waals surface area contributed by atoms with Crippen LogP contribution in [0.15, 0.2) is 54.9 Å². The smallest absolute Gasteiger partial charge is 0.249 e. The number of carbonyl (C=O) groups is 3. The third-order valence-electron chi connectivity index (χ3n) is 14.6. The number of H-pyrrole nitrogens is 1. The summed E-state index contributed by atoms with van der Waals surface area (Å²) in [4.78, 5) is 60.3. The van der Waals surface area contributed by atoms with Gasteiger partial charge >= 0.3 is 0 Å². The van der Waals surface area contributed by atoms with E-state index in [-0.39, 0.29) is 18.4 Å². The number of carbonyl (C=O) groups excluding carboxylic acids is 3. The predicted molar refractivity (Wildman–Crippen MR) is 272 cm³/mol. The van der Waals surface area contributed by atoms with Gasteiger partial charge in [-0.2, -0.15) is 4.98 Å². The number of hydrogen-bond acceptors (Lipinski definition) is 12. The number of piperidine rings is 2. The second kappa shape index (κ2) is 25.6. The SMILES string of the molecule is CCC(CC)CNc1ncc2c(-c3ccc(CN4CCN(C5CCN(CCOCCCc6ccc(N(C=O)C7CCC(=O)NC7=O)c(N(C)C)c6)CC5)CC4)cc3)c[nH]c2n1.OC1CCCCC1. The maximum atomic E-state index is 12.5. The minimum atomic E-state index is -0.701. The Morgan fingerprint density at radius 1 is 0.882 bits per heavy atom. The van der Waals surface area contributed by atoms with Crippen molar-refractivity contribution in [1.29, 1.82) is 0 Å². The molecule has 1 unspecified atom stereocenters. The lowest BCUT2D eigenvalue weighted by molar-refractivity contribution is -0.134. The van der Waals surface area contributed by atoms with Gasteiger partial charge in [-0.3, -0.25) is 29.5 Å². The lowest BCUT2D eigenvalue weighted by atomic mass is 9.98. The van der Waals surface area contributed by atoms with Crippen molar-refractivity contribution >= 4 is 46.6 Å². The monoisotopic (exact) mass is 935 g/mol. The number of aliphatic hydroxyl groups is 1. The molecule has 3 aliphatic heterocycles. The van der Waals surface area contributed by atoms with Crippen LogP contribution < -0.4 is 20.4 Å². The topological polar surface area (TPSA) is 162 Å². The van der Waals surface area contributed by atoms with Gasteiger partial charge < -0.3 is 34.8 Å². The zero-order chi connectivity index (χ0) is 47.8. The highest BCUT2D eigenvalue weighted by Crippen LogP contribution is 2.33. The number of likely N-dealkylation sites (tertiary alicyclic amines) is 1. The number of amides is 3. The maximum Gasteiger partial charge on any atom is 0.249 e. The van der Waals surface area contributed by atoms with Gasteiger partial charge in [-0.15, -0.1) is 0 Å². The molecule has 4 fully saturated rings. The molecule has 0 spiro atoms. The minimum absolute atomic E-state index is 0.0359. The highest BCUT2D eigenvalue weighted by Gasteiger charge is 2.33. The van der Waals surface area contributed by atoms with Crippen LogP contribution in [-0.2, 0) is 32.1 Å². The minimum Gasteiger partial charge on any atom is -0.393 e. The van der Waals surface area contributed by atoms with Crippen molar-refractivity contribution in [2.24, 2.45) is 5.92 Å². The Morgan fingerprint density at radius 2 is 1.62 bits per heavy atom. The standard InChI is InChI=1S/C47H66N10O4.C6H12O/c1-5-34(6-2)29-49-47-50-31-40-39(30-48-45(40)52-47)37-12-9-36(10-13-37)32-55-21-23-56(24-22-55)38-17-19-54(20-18-38)25-27-61-26-7-8-35-11-14-41(43(28-35)53(3)4)57(33-58)42-15-16-44(59)51-46(42)60;7-6-4-2-1-3-5-6/h9-14,28,30-31,33-34,38,42H,5-8,15-27,29,32H2,1-4H3,(H,51,59,60)(H2,48,49,50,52);6-7H,1-5H2. The molecule has 15 nitrogen and oxygen atoms in total. The van der Waals surface area contributed by atoms with Crippen LogP contribution in [0.2, 0.25) is 0 Å². The molecule has 2 aromatic carbocycles. The van der Waals surface area contributed by atoms with Crippen molar-refractivity contribution in [3.05, 3.63) is 66.0 Å². The molecule has 3 amide bonds. The number of hydrogen-bond donors (Lipinski definition) is 4. The van der Waals surface area contributed by atoms with Crippen LogP contribution in [0.4, 0.5) is 17.3 Å². The number of imide groups is 1. The molecule has 68 heavy (non-hydrogen) atoms. The van der Waals surface area contributed by atoms with Gasteiger partial charge in [-0.1, -0.05) is 76.3 Å². The summed E-state index contributed by atoms with van der Waals surface area (Å²) in [5.41, 5.74) is 7.19. The molecular weight excluding hydrogens is 857 g/mol. The van der Waals surface area contributed by atoms with Crippen molar-refractivity contribution in [3.63, 3.8) is 0 Å². The Labute approximate surface area is 404 Å². The molecule has 5 heterocycles. The molecule has 4 aliphatic rings. The molecule has 3 saturated heterocycles.